The van der Waals surface area contributed by atoms with Gasteiger partial charge in [-0.2, -0.15) is 0 Å². The summed E-state index contributed by atoms with van der Waals surface area (Å²) in [5.41, 5.74) is 3.89. The van der Waals surface area contributed by atoms with Crippen molar-refractivity contribution in [2.24, 2.45) is 0 Å². The van der Waals surface area contributed by atoms with Gasteiger partial charge in [0.25, 0.3) is 0 Å². The molecule has 5 heteroatoms. The molecule has 2 aromatic carbocycles. The minimum Gasteiger partial charge on any atom is -0.376 e. The van der Waals surface area contributed by atoms with E-state index < -0.39 is 0 Å². The normalized spacial score (nSPS) is 13.8. The summed E-state index contributed by atoms with van der Waals surface area (Å²) in [5.74, 6) is -0.0828. The van der Waals surface area contributed by atoms with Crippen molar-refractivity contribution in [3.63, 3.8) is 0 Å². The molecule has 0 radical (unpaired) electrons. The number of carbonyl (C=O) groups excluding carboxylic acids is 1. The Morgan fingerprint density at radius 2 is 1.75 bits per heavy atom. The first kappa shape index (κ1) is 16.7. The zero-order chi connectivity index (χ0) is 16.9. The van der Waals surface area contributed by atoms with Crippen LogP contribution in [0, 0.1) is 6.92 Å². The molecule has 0 atom stereocenters. The number of aryl methyl sites for hydroxylation is 1. The lowest BCUT2D eigenvalue weighted by Crippen LogP contribution is -2.22. The third-order valence-corrected chi connectivity index (χ3v) is 4.65. The Morgan fingerprint density at radius 1 is 1.08 bits per heavy atom. The van der Waals surface area contributed by atoms with Crippen molar-refractivity contribution >= 4 is 34.6 Å². The first-order valence-corrected chi connectivity index (χ1v) is 8.64. The highest BCUT2D eigenvalue weighted by Crippen LogP contribution is 2.22. The minimum atomic E-state index is -0.0828. The SMILES string of the molecule is Cc1ccc(NCC(=O)Nc2ccc(N3CCCC3)cc2)cc1Cl. The van der Waals surface area contributed by atoms with Gasteiger partial charge in [0.05, 0.1) is 6.54 Å². The van der Waals surface area contributed by atoms with Crippen LogP contribution in [0.25, 0.3) is 0 Å². The molecule has 0 spiro atoms. The van der Waals surface area contributed by atoms with Gasteiger partial charge in [-0.15, -0.1) is 0 Å². The quantitative estimate of drug-likeness (QED) is 0.850. The van der Waals surface area contributed by atoms with E-state index in [2.05, 4.69) is 27.7 Å². The van der Waals surface area contributed by atoms with Crippen LogP contribution < -0.4 is 15.5 Å². The fourth-order valence-electron chi connectivity index (χ4n) is 2.82. The molecule has 126 valence electrons. The van der Waals surface area contributed by atoms with Crippen molar-refractivity contribution in [3.05, 3.63) is 53.1 Å². The van der Waals surface area contributed by atoms with Crippen molar-refractivity contribution in [1.82, 2.24) is 0 Å². The number of benzene rings is 2. The summed E-state index contributed by atoms with van der Waals surface area (Å²) in [7, 11) is 0. The number of amides is 1. The molecule has 1 aliphatic heterocycles. The Kier molecular flexibility index (Phi) is 5.26. The van der Waals surface area contributed by atoms with E-state index in [1.807, 2.05) is 37.3 Å². The smallest absolute Gasteiger partial charge is 0.243 e. The van der Waals surface area contributed by atoms with Gasteiger partial charge < -0.3 is 15.5 Å². The summed E-state index contributed by atoms with van der Waals surface area (Å²) in [6, 6.07) is 13.7. The Balaban J connectivity index is 1.51. The second-order valence-corrected chi connectivity index (χ2v) is 6.51. The number of hydrogen-bond donors (Lipinski definition) is 2. The average Bonchev–Trinajstić information content (AvgIpc) is 3.11. The van der Waals surface area contributed by atoms with E-state index in [1.165, 1.54) is 18.5 Å². The van der Waals surface area contributed by atoms with Crippen LogP contribution in [-0.2, 0) is 4.79 Å². The summed E-state index contributed by atoms with van der Waals surface area (Å²) >= 11 is 6.08. The molecule has 0 bridgehead atoms. The van der Waals surface area contributed by atoms with Crippen molar-refractivity contribution in [1.29, 1.82) is 0 Å². The summed E-state index contributed by atoms with van der Waals surface area (Å²) < 4.78 is 0. The second kappa shape index (κ2) is 7.58. The van der Waals surface area contributed by atoms with Gasteiger partial charge in [0.15, 0.2) is 0 Å². The zero-order valence-corrected chi connectivity index (χ0v) is 14.6. The van der Waals surface area contributed by atoms with Crippen molar-refractivity contribution in [2.45, 2.75) is 19.8 Å². The maximum atomic E-state index is 12.1. The van der Waals surface area contributed by atoms with Crippen LogP contribution in [0.1, 0.15) is 18.4 Å². The highest BCUT2D eigenvalue weighted by atomic mass is 35.5. The van der Waals surface area contributed by atoms with E-state index in [9.17, 15) is 4.79 Å². The molecular formula is C19H22ClN3O. The minimum absolute atomic E-state index is 0.0828. The van der Waals surface area contributed by atoms with E-state index in [0.29, 0.717) is 5.02 Å². The number of carbonyl (C=O) groups is 1. The molecule has 2 aromatic rings. The van der Waals surface area contributed by atoms with Gasteiger partial charge in [0.2, 0.25) is 5.91 Å². The molecule has 4 nitrogen and oxygen atoms in total. The van der Waals surface area contributed by atoms with Gasteiger partial charge in [0, 0.05) is 35.2 Å². The summed E-state index contributed by atoms with van der Waals surface area (Å²) in [4.78, 5) is 14.4. The Labute approximate surface area is 147 Å². The van der Waals surface area contributed by atoms with Crippen LogP contribution in [0.2, 0.25) is 5.02 Å². The predicted octanol–water partition coefficient (Wildman–Crippen LogP) is 4.30. The summed E-state index contributed by atoms with van der Waals surface area (Å²) in [5, 5.41) is 6.68. The first-order chi connectivity index (χ1) is 11.6. The standard InChI is InChI=1S/C19H22ClN3O/c1-14-4-5-16(12-18(14)20)21-13-19(24)22-15-6-8-17(9-7-15)23-10-2-3-11-23/h4-9,12,21H,2-3,10-11,13H2,1H3,(H,22,24). The maximum absolute atomic E-state index is 12.1. The second-order valence-electron chi connectivity index (χ2n) is 6.11. The van der Waals surface area contributed by atoms with Crippen LogP contribution in [0.4, 0.5) is 17.1 Å². The van der Waals surface area contributed by atoms with Crippen molar-refractivity contribution in [3.8, 4) is 0 Å². The van der Waals surface area contributed by atoms with Gasteiger partial charge in [-0.1, -0.05) is 17.7 Å². The Morgan fingerprint density at radius 3 is 2.42 bits per heavy atom. The molecule has 0 aromatic heterocycles. The lowest BCUT2D eigenvalue weighted by molar-refractivity contribution is -0.114. The molecule has 3 rings (SSSR count). The van der Waals surface area contributed by atoms with E-state index in [4.69, 9.17) is 11.6 Å². The third-order valence-electron chi connectivity index (χ3n) is 4.25. The monoisotopic (exact) mass is 343 g/mol. The maximum Gasteiger partial charge on any atom is 0.243 e. The fraction of sp³-hybridized carbons (Fsp3) is 0.316. The van der Waals surface area contributed by atoms with Crippen LogP contribution >= 0.6 is 11.6 Å². The van der Waals surface area contributed by atoms with E-state index in [1.54, 1.807) is 0 Å². The lowest BCUT2D eigenvalue weighted by Gasteiger charge is -2.17. The van der Waals surface area contributed by atoms with E-state index in [0.717, 1.165) is 30.0 Å². The van der Waals surface area contributed by atoms with Crippen LogP contribution in [0.5, 0.6) is 0 Å². The van der Waals surface area contributed by atoms with Crippen LogP contribution in [0.3, 0.4) is 0 Å². The van der Waals surface area contributed by atoms with Gasteiger partial charge in [0.1, 0.15) is 0 Å². The highest BCUT2D eigenvalue weighted by Gasteiger charge is 2.12. The van der Waals surface area contributed by atoms with Gasteiger partial charge in [-0.05, 0) is 61.7 Å². The van der Waals surface area contributed by atoms with Gasteiger partial charge in [-0.3, -0.25) is 4.79 Å². The molecule has 1 saturated heterocycles. The first-order valence-electron chi connectivity index (χ1n) is 8.27. The lowest BCUT2D eigenvalue weighted by atomic mass is 10.2. The number of halogens is 1. The van der Waals surface area contributed by atoms with Crippen LogP contribution in [0.15, 0.2) is 42.5 Å². The molecule has 1 heterocycles. The third kappa shape index (κ3) is 4.20. The number of nitrogens with one attached hydrogen (secondary N) is 2. The predicted molar refractivity (Wildman–Crippen MR) is 101 cm³/mol. The number of nitrogens with zero attached hydrogens (tertiary/aromatic N) is 1. The Bertz CT molecular complexity index is 709. The summed E-state index contributed by atoms with van der Waals surface area (Å²) in [6.07, 6.45) is 2.51. The van der Waals surface area contributed by atoms with Crippen molar-refractivity contribution in [2.75, 3.05) is 35.2 Å². The number of rotatable bonds is 5. The molecule has 1 fully saturated rings. The molecule has 2 N–H and O–H groups in total. The molecular weight excluding hydrogens is 322 g/mol. The average molecular weight is 344 g/mol. The topological polar surface area (TPSA) is 44.4 Å². The molecule has 24 heavy (non-hydrogen) atoms. The van der Waals surface area contributed by atoms with Gasteiger partial charge >= 0.3 is 0 Å². The molecule has 1 aliphatic rings. The van der Waals surface area contributed by atoms with Crippen molar-refractivity contribution < 1.29 is 4.79 Å². The fourth-order valence-corrected chi connectivity index (χ4v) is 3.00. The van der Waals surface area contributed by atoms with Crippen LogP contribution in [-0.4, -0.2) is 25.5 Å². The number of hydrogen-bond acceptors (Lipinski definition) is 3. The molecule has 1 amide bonds. The van der Waals surface area contributed by atoms with E-state index >= 15 is 0 Å². The number of anilines is 3. The van der Waals surface area contributed by atoms with Gasteiger partial charge in [-0.25, -0.2) is 0 Å². The highest BCUT2D eigenvalue weighted by molar-refractivity contribution is 6.31. The molecule has 0 aliphatic carbocycles. The molecule has 0 saturated carbocycles. The largest absolute Gasteiger partial charge is 0.376 e. The Hall–Kier alpha value is -2.20. The zero-order valence-electron chi connectivity index (χ0n) is 13.8. The molecule has 0 unspecified atom stereocenters. The van der Waals surface area contributed by atoms with E-state index in [-0.39, 0.29) is 12.5 Å². The summed E-state index contributed by atoms with van der Waals surface area (Å²) in [6.45, 7) is 4.39.